The summed E-state index contributed by atoms with van der Waals surface area (Å²) in [5.41, 5.74) is 4.90. The average molecular weight is 789 g/mol. The van der Waals surface area contributed by atoms with Crippen LogP contribution in [-0.2, 0) is 85.7 Å². The van der Waals surface area contributed by atoms with Crippen LogP contribution >= 0.6 is 0 Å². The highest BCUT2D eigenvalue weighted by Gasteiger charge is 2.59. The zero-order valence-electron chi connectivity index (χ0n) is 30.9. The smallest absolute Gasteiger partial charge is 0.338 e. The Kier molecular flexibility index (Phi) is 14.6. The number of rotatable bonds is 13. The molecule has 0 aliphatic carbocycles. The van der Waals surface area contributed by atoms with Crippen LogP contribution in [0.5, 0.6) is 5.88 Å². The number of nitrogens with two attached hydrogens (primary N) is 1. The molecule has 10 atom stereocenters. The van der Waals surface area contributed by atoms with Crippen molar-refractivity contribution in [3.8, 4) is 5.88 Å². The number of primary amides is 1. The van der Waals surface area contributed by atoms with Crippen molar-refractivity contribution >= 4 is 53.7 Å². The van der Waals surface area contributed by atoms with Crippen LogP contribution in [0.3, 0.4) is 0 Å². The molecule has 2 aliphatic rings. The average Bonchev–Trinajstić information content (AvgIpc) is 3.38. The van der Waals surface area contributed by atoms with E-state index in [4.69, 9.17) is 53.1 Å². The van der Waals surface area contributed by atoms with Gasteiger partial charge in [-0.1, -0.05) is 0 Å². The molecule has 0 unspecified atom stereocenters. The molecule has 2 fully saturated rings. The van der Waals surface area contributed by atoms with E-state index in [2.05, 4.69) is 0 Å². The summed E-state index contributed by atoms with van der Waals surface area (Å²) < 4.78 is 56.5. The second kappa shape index (κ2) is 18.5. The maximum absolute atomic E-state index is 13.1. The molecule has 2 aliphatic heterocycles. The molecule has 1 aromatic rings. The SMILES string of the molecule is CC(=O)OC[C@H]1O[C@@H](n2c[n+]([C@@H]3O[C@H](COC(C)=O)[C@H](OC(C)=O)[C@H](OC(C)=O)[C@H]3OC(C)=O)c(O)c2C(N)=O)[C@H](OC(C)=O)[C@@H](OC(C)=O)[C@H]1OC(C)=O. The molecule has 304 valence electrons. The van der Waals surface area contributed by atoms with Gasteiger partial charge in [0.25, 0.3) is 17.9 Å². The largest absolute Gasteiger partial charge is 0.474 e. The second-order valence-electron chi connectivity index (χ2n) is 12.1. The molecule has 0 aromatic carbocycles. The van der Waals surface area contributed by atoms with E-state index in [0.717, 1.165) is 70.9 Å². The minimum Gasteiger partial charge on any atom is -0.474 e. The Balaban J connectivity index is 2.36. The molecule has 3 rings (SSSR count). The van der Waals surface area contributed by atoms with Crippen molar-refractivity contribution in [2.24, 2.45) is 5.73 Å². The number of hydrogen-bond acceptors (Lipinski definition) is 20. The maximum atomic E-state index is 13.1. The minimum atomic E-state index is -1.85. The van der Waals surface area contributed by atoms with Gasteiger partial charge in [0.05, 0.1) is 0 Å². The number of amides is 1. The first kappa shape index (κ1) is 43.6. The van der Waals surface area contributed by atoms with Gasteiger partial charge in [0.15, 0.2) is 24.4 Å². The van der Waals surface area contributed by atoms with E-state index in [1.54, 1.807) is 0 Å². The van der Waals surface area contributed by atoms with Gasteiger partial charge in [-0.05, 0) is 0 Å². The number of esters is 8. The Morgan fingerprint density at radius 3 is 1.35 bits per heavy atom. The van der Waals surface area contributed by atoms with Gasteiger partial charge in [-0.15, -0.1) is 0 Å². The summed E-state index contributed by atoms with van der Waals surface area (Å²) in [5.74, 6) is -9.80. The number of aromatic nitrogens is 2. The van der Waals surface area contributed by atoms with E-state index in [9.17, 15) is 48.3 Å². The van der Waals surface area contributed by atoms with Crippen molar-refractivity contribution in [2.45, 2.75) is 117 Å². The van der Waals surface area contributed by atoms with Gasteiger partial charge >= 0.3 is 53.6 Å². The summed E-state index contributed by atoms with van der Waals surface area (Å²) in [6, 6.07) is 0. The summed E-state index contributed by atoms with van der Waals surface area (Å²) in [4.78, 5) is 111. The molecular weight excluding hydrogens is 746 g/mol. The predicted octanol–water partition coefficient (Wildman–Crippen LogP) is -1.91. The fraction of sp³-hybridized carbons (Fsp3) is 0.625. The van der Waals surface area contributed by atoms with Crippen molar-refractivity contribution < 1.29 is 100 Å². The topological polar surface area (TPSA) is 301 Å². The Labute approximate surface area is 312 Å². The van der Waals surface area contributed by atoms with Gasteiger partial charge in [0.1, 0.15) is 25.4 Å². The van der Waals surface area contributed by atoms with Crippen molar-refractivity contribution in [3.63, 3.8) is 0 Å². The quantitative estimate of drug-likeness (QED) is 0.125. The van der Waals surface area contributed by atoms with Crippen LogP contribution in [0.15, 0.2) is 6.33 Å². The molecular formula is C32H42N3O20+. The standard InChI is InChI=1S/C32H41N3O20/c1-12(36)46-9-20-23(48-14(3)38)25(50-16(5)40)27(52-18(7)42)31(54-20)34-11-35(30(45)22(34)29(33)44)32-28(53-19(8)43)26(51-17(6)41)24(49-15(4)39)21(55-32)10-47-13(2)37/h11,20-21,23-28,31-32H,9-10H2,1-8H3,(H2-,33,44,45)/p+1/t20-,21-,23+,24+,25+,26+,27-,28-,31-,32-/m1/s1. The molecule has 2 saturated heterocycles. The van der Waals surface area contributed by atoms with Crippen LogP contribution < -0.4 is 10.3 Å². The zero-order chi connectivity index (χ0) is 41.5. The highest BCUT2D eigenvalue weighted by atomic mass is 16.7. The molecule has 23 nitrogen and oxygen atoms in total. The summed E-state index contributed by atoms with van der Waals surface area (Å²) in [6.07, 6.45) is -16.1. The lowest BCUT2D eigenvalue weighted by atomic mass is 9.97. The first-order valence-corrected chi connectivity index (χ1v) is 16.4. The van der Waals surface area contributed by atoms with Crippen LogP contribution in [-0.4, -0.2) is 125 Å². The molecule has 0 saturated carbocycles. The second-order valence-corrected chi connectivity index (χ2v) is 12.1. The molecule has 0 bridgehead atoms. The minimum absolute atomic E-state index is 0.654. The summed E-state index contributed by atoms with van der Waals surface area (Å²) in [6.45, 7) is 6.71. The van der Waals surface area contributed by atoms with E-state index in [0.29, 0.717) is 0 Å². The first-order valence-electron chi connectivity index (χ1n) is 16.4. The number of carbonyl (C=O) groups excluding carboxylic acids is 9. The van der Waals surface area contributed by atoms with Crippen LogP contribution in [0, 0.1) is 0 Å². The fourth-order valence-corrected chi connectivity index (χ4v) is 5.96. The number of imidazole rings is 1. The van der Waals surface area contributed by atoms with Crippen molar-refractivity contribution in [2.75, 3.05) is 13.2 Å². The van der Waals surface area contributed by atoms with Gasteiger partial charge in [-0.25, -0.2) is 0 Å². The summed E-state index contributed by atoms with van der Waals surface area (Å²) in [7, 11) is 0. The molecule has 1 amide bonds. The third kappa shape index (κ3) is 11.1. The Morgan fingerprint density at radius 2 is 0.945 bits per heavy atom. The third-order valence-electron chi connectivity index (χ3n) is 7.68. The Hall–Kier alpha value is -5.84. The number of aromatic hydroxyl groups is 1. The van der Waals surface area contributed by atoms with Crippen LogP contribution in [0.2, 0.25) is 0 Å². The number of nitrogens with zero attached hydrogens (tertiary/aromatic N) is 2. The molecule has 23 heteroatoms. The fourth-order valence-electron chi connectivity index (χ4n) is 5.96. The van der Waals surface area contributed by atoms with E-state index < -0.39 is 140 Å². The lowest BCUT2D eigenvalue weighted by molar-refractivity contribution is -0.780. The van der Waals surface area contributed by atoms with E-state index in [-0.39, 0.29) is 0 Å². The zero-order valence-corrected chi connectivity index (χ0v) is 30.9. The lowest BCUT2D eigenvalue weighted by Gasteiger charge is -2.43. The van der Waals surface area contributed by atoms with Crippen molar-refractivity contribution in [3.05, 3.63) is 12.0 Å². The van der Waals surface area contributed by atoms with Gasteiger partial charge < -0.3 is 58.2 Å². The molecule has 1 aromatic heterocycles. The molecule has 55 heavy (non-hydrogen) atoms. The lowest BCUT2D eigenvalue weighted by Crippen LogP contribution is -2.65. The normalized spacial score (nSPS) is 27.3. The summed E-state index contributed by atoms with van der Waals surface area (Å²) in [5, 5.41) is 11.6. The summed E-state index contributed by atoms with van der Waals surface area (Å²) >= 11 is 0. The van der Waals surface area contributed by atoms with Gasteiger partial charge in [0, 0.05) is 55.4 Å². The highest BCUT2D eigenvalue weighted by Crippen LogP contribution is 2.38. The number of hydrogen-bond donors (Lipinski definition) is 2. The molecule has 3 heterocycles. The number of carbonyl (C=O) groups is 9. The van der Waals surface area contributed by atoms with E-state index in [1.807, 2.05) is 0 Å². The van der Waals surface area contributed by atoms with E-state index in [1.165, 1.54) is 0 Å². The third-order valence-corrected chi connectivity index (χ3v) is 7.68. The number of ether oxygens (including phenoxy) is 10. The predicted molar refractivity (Wildman–Crippen MR) is 169 cm³/mol. The van der Waals surface area contributed by atoms with Gasteiger partial charge in [-0.3, -0.25) is 43.2 Å². The first-order chi connectivity index (χ1) is 25.6. The molecule has 0 spiro atoms. The highest BCUT2D eigenvalue weighted by molar-refractivity contribution is 5.93. The molecule has 0 radical (unpaired) electrons. The van der Waals surface area contributed by atoms with Gasteiger partial charge in [-0.2, -0.15) is 9.13 Å². The van der Waals surface area contributed by atoms with Crippen LogP contribution in [0.4, 0.5) is 0 Å². The van der Waals surface area contributed by atoms with Crippen LogP contribution in [0.25, 0.3) is 0 Å². The van der Waals surface area contributed by atoms with Gasteiger partial charge in [0.2, 0.25) is 24.7 Å². The monoisotopic (exact) mass is 788 g/mol. The molecule has 3 N–H and O–H groups in total. The van der Waals surface area contributed by atoms with Crippen molar-refractivity contribution in [1.29, 1.82) is 0 Å². The van der Waals surface area contributed by atoms with Crippen LogP contribution in [0.1, 0.15) is 78.3 Å². The maximum Gasteiger partial charge on any atom is 0.338 e. The van der Waals surface area contributed by atoms with E-state index >= 15 is 0 Å². The Morgan fingerprint density at radius 1 is 0.582 bits per heavy atom. The Bertz CT molecular complexity index is 1690. The van der Waals surface area contributed by atoms with Crippen molar-refractivity contribution in [1.82, 2.24) is 4.57 Å².